The van der Waals surface area contributed by atoms with Gasteiger partial charge >= 0.3 is 5.69 Å². The highest BCUT2D eigenvalue weighted by Gasteiger charge is 2.25. The molecule has 9 nitrogen and oxygen atoms in total. The quantitative estimate of drug-likeness (QED) is 0.496. The second kappa shape index (κ2) is 10.6. The van der Waals surface area contributed by atoms with Crippen LogP contribution in [0.1, 0.15) is 25.3 Å². The fraction of sp³-hybridized carbons (Fsp3) is 0.400. The molecule has 9 heteroatoms. The van der Waals surface area contributed by atoms with Gasteiger partial charge in [0.1, 0.15) is 5.75 Å². The number of carbonyl (C=O) groups excluding carboxylic acids is 2. The van der Waals surface area contributed by atoms with Crippen LogP contribution in [0, 0.1) is 0 Å². The average Bonchev–Trinajstić information content (AvgIpc) is 3.04. The summed E-state index contributed by atoms with van der Waals surface area (Å²) >= 11 is 0. The molecule has 0 saturated carbocycles. The monoisotopic (exact) mass is 465 g/mol. The molecule has 1 fully saturated rings. The van der Waals surface area contributed by atoms with E-state index in [0.717, 1.165) is 24.3 Å². The maximum Gasteiger partial charge on any atom is 0.323 e. The second-order valence-electron chi connectivity index (χ2n) is 8.62. The smallest absolute Gasteiger partial charge is 0.323 e. The third-order valence-electron chi connectivity index (χ3n) is 6.38. The Hall–Kier alpha value is -3.59. The normalized spacial score (nSPS) is 15.6. The SMILES string of the molecule is COc1ccc(CCC(=O)N2CCCN(C(C)C(=O)Nc3ccc4[nH]c(=O)[nH]c4c3)CC2)cc1. The van der Waals surface area contributed by atoms with Gasteiger partial charge in [0, 0.05) is 38.3 Å². The van der Waals surface area contributed by atoms with Gasteiger partial charge in [-0.05, 0) is 55.7 Å². The van der Waals surface area contributed by atoms with E-state index >= 15 is 0 Å². The van der Waals surface area contributed by atoms with E-state index in [4.69, 9.17) is 4.74 Å². The third kappa shape index (κ3) is 5.66. The first kappa shape index (κ1) is 23.6. The van der Waals surface area contributed by atoms with Crippen LogP contribution in [-0.2, 0) is 16.0 Å². The average molecular weight is 466 g/mol. The van der Waals surface area contributed by atoms with Crippen LogP contribution < -0.4 is 15.7 Å². The van der Waals surface area contributed by atoms with Crippen LogP contribution in [0.15, 0.2) is 47.3 Å². The van der Waals surface area contributed by atoms with E-state index in [1.54, 1.807) is 25.3 Å². The van der Waals surface area contributed by atoms with Crippen LogP contribution in [0.3, 0.4) is 0 Å². The molecule has 1 saturated heterocycles. The summed E-state index contributed by atoms with van der Waals surface area (Å²) in [5, 5.41) is 2.94. The number of aromatic nitrogens is 2. The summed E-state index contributed by atoms with van der Waals surface area (Å²) in [7, 11) is 1.64. The van der Waals surface area contributed by atoms with Crippen LogP contribution in [0.5, 0.6) is 5.75 Å². The number of methoxy groups -OCH3 is 1. The lowest BCUT2D eigenvalue weighted by atomic mass is 10.1. The molecule has 3 aromatic rings. The molecule has 1 aliphatic rings. The molecule has 4 rings (SSSR count). The van der Waals surface area contributed by atoms with E-state index in [-0.39, 0.29) is 23.5 Å². The van der Waals surface area contributed by atoms with Crippen LogP contribution >= 0.6 is 0 Å². The minimum Gasteiger partial charge on any atom is -0.497 e. The van der Waals surface area contributed by atoms with Crippen LogP contribution in [-0.4, -0.2) is 70.9 Å². The van der Waals surface area contributed by atoms with Gasteiger partial charge in [-0.2, -0.15) is 0 Å². The lowest BCUT2D eigenvalue weighted by molar-refractivity contribution is -0.131. The summed E-state index contributed by atoms with van der Waals surface area (Å²) < 4.78 is 5.18. The van der Waals surface area contributed by atoms with Crippen molar-refractivity contribution < 1.29 is 14.3 Å². The van der Waals surface area contributed by atoms with Crippen molar-refractivity contribution >= 4 is 28.5 Å². The molecular formula is C25H31N5O4. The highest BCUT2D eigenvalue weighted by Crippen LogP contribution is 2.17. The predicted octanol–water partition coefficient (Wildman–Crippen LogP) is 2.36. The number of nitrogens with zero attached hydrogens (tertiary/aromatic N) is 2. The summed E-state index contributed by atoms with van der Waals surface area (Å²) in [6.45, 7) is 4.58. The van der Waals surface area contributed by atoms with Crippen molar-refractivity contribution in [1.82, 2.24) is 19.8 Å². The van der Waals surface area contributed by atoms with Gasteiger partial charge in [-0.3, -0.25) is 14.5 Å². The summed E-state index contributed by atoms with van der Waals surface area (Å²) in [6.07, 6.45) is 1.98. The first-order chi connectivity index (χ1) is 16.4. The van der Waals surface area contributed by atoms with Crippen molar-refractivity contribution in [2.45, 2.75) is 32.2 Å². The molecule has 1 atom stereocenters. The molecule has 1 aliphatic heterocycles. The second-order valence-corrected chi connectivity index (χ2v) is 8.62. The molecule has 34 heavy (non-hydrogen) atoms. The number of carbonyl (C=O) groups is 2. The minimum absolute atomic E-state index is 0.114. The zero-order chi connectivity index (χ0) is 24.1. The summed E-state index contributed by atoms with van der Waals surface area (Å²) in [6, 6.07) is 12.7. The van der Waals surface area contributed by atoms with Crippen molar-refractivity contribution in [3.63, 3.8) is 0 Å². The Morgan fingerprint density at radius 1 is 1.03 bits per heavy atom. The number of fused-ring (bicyclic) bond motifs is 1. The molecule has 0 bridgehead atoms. The Morgan fingerprint density at radius 2 is 1.79 bits per heavy atom. The Morgan fingerprint density at radius 3 is 2.56 bits per heavy atom. The lowest BCUT2D eigenvalue weighted by Gasteiger charge is -2.27. The van der Waals surface area contributed by atoms with E-state index < -0.39 is 0 Å². The number of aryl methyl sites for hydroxylation is 1. The molecule has 180 valence electrons. The van der Waals surface area contributed by atoms with E-state index in [0.29, 0.717) is 49.2 Å². The number of anilines is 1. The van der Waals surface area contributed by atoms with Gasteiger partial charge in [0.25, 0.3) is 0 Å². The zero-order valence-corrected chi connectivity index (χ0v) is 19.6. The molecule has 1 aromatic heterocycles. The number of H-pyrrole nitrogens is 2. The third-order valence-corrected chi connectivity index (χ3v) is 6.38. The maximum atomic E-state index is 12.9. The van der Waals surface area contributed by atoms with Gasteiger partial charge in [-0.1, -0.05) is 12.1 Å². The molecule has 0 aliphatic carbocycles. The zero-order valence-electron chi connectivity index (χ0n) is 19.6. The predicted molar refractivity (Wildman–Crippen MR) is 131 cm³/mol. The number of hydrogen-bond acceptors (Lipinski definition) is 5. The van der Waals surface area contributed by atoms with Crippen molar-refractivity contribution in [3.05, 3.63) is 58.5 Å². The van der Waals surface area contributed by atoms with Gasteiger partial charge in [-0.25, -0.2) is 4.79 Å². The maximum absolute atomic E-state index is 12.9. The van der Waals surface area contributed by atoms with E-state index in [1.807, 2.05) is 36.1 Å². The number of amides is 2. The van der Waals surface area contributed by atoms with Gasteiger partial charge in [0.2, 0.25) is 11.8 Å². The van der Waals surface area contributed by atoms with Crippen LogP contribution in [0.4, 0.5) is 5.69 Å². The highest BCUT2D eigenvalue weighted by molar-refractivity contribution is 5.96. The first-order valence-corrected chi connectivity index (χ1v) is 11.6. The number of rotatable bonds is 7. The minimum atomic E-state index is -0.338. The molecule has 0 radical (unpaired) electrons. The molecule has 2 heterocycles. The molecule has 0 spiro atoms. The molecule has 2 amide bonds. The van der Waals surface area contributed by atoms with Crippen LogP contribution in [0.25, 0.3) is 11.0 Å². The van der Waals surface area contributed by atoms with Crippen molar-refractivity contribution in [3.8, 4) is 5.75 Å². The summed E-state index contributed by atoms with van der Waals surface area (Å²) in [4.78, 5) is 46.5. The number of benzene rings is 2. The number of ether oxygens (including phenoxy) is 1. The van der Waals surface area contributed by atoms with Gasteiger partial charge in [0.05, 0.1) is 24.2 Å². The van der Waals surface area contributed by atoms with E-state index in [9.17, 15) is 14.4 Å². The topological polar surface area (TPSA) is 111 Å². The fourth-order valence-electron chi connectivity index (χ4n) is 4.30. The fourth-order valence-corrected chi connectivity index (χ4v) is 4.30. The van der Waals surface area contributed by atoms with Gasteiger partial charge in [0.15, 0.2) is 0 Å². The highest BCUT2D eigenvalue weighted by atomic mass is 16.5. The van der Waals surface area contributed by atoms with Crippen molar-refractivity contribution in [2.75, 3.05) is 38.6 Å². The summed E-state index contributed by atoms with van der Waals surface area (Å²) in [5.41, 5.74) is 2.80. The largest absolute Gasteiger partial charge is 0.497 e. The number of imidazole rings is 1. The van der Waals surface area contributed by atoms with E-state index in [2.05, 4.69) is 20.2 Å². The summed E-state index contributed by atoms with van der Waals surface area (Å²) in [5.74, 6) is 0.834. The number of nitrogens with one attached hydrogen (secondary N) is 3. The Labute approximate surface area is 198 Å². The molecular weight excluding hydrogens is 434 g/mol. The molecule has 3 N–H and O–H groups in total. The van der Waals surface area contributed by atoms with Crippen molar-refractivity contribution in [1.29, 1.82) is 0 Å². The van der Waals surface area contributed by atoms with E-state index in [1.165, 1.54) is 0 Å². The number of hydrogen-bond donors (Lipinski definition) is 3. The van der Waals surface area contributed by atoms with Gasteiger partial charge in [-0.15, -0.1) is 0 Å². The molecule has 1 unspecified atom stereocenters. The Balaban J connectivity index is 1.28. The van der Waals surface area contributed by atoms with Crippen molar-refractivity contribution in [2.24, 2.45) is 0 Å². The Bertz CT molecular complexity index is 1200. The Kier molecular flexibility index (Phi) is 7.32. The van der Waals surface area contributed by atoms with Crippen LogP contribution in [0.2, 0.25) is 0 Å². The standard InChI is InChI=1S/C25H31N5O4/c1-17(24(32)26-19-7-10-21-22(16-19)28-25(33)27-21)29-12-3-13-30(15-14-29)23(31)11-6-18-4-8-20(34-2)9-5-18/h4-5,7-10,16-17H,3,6,11-15H2,1-2H3,(H,26,32)(H2,27,28,33). The van der Waals surface area contributed by atoms with Gasteiger partial charge < -0.3 is 24.9 Å². The first-order valence-electron chi connectivity index (χ1n) is 11.6. The number of aromatic amines is 2. The molecule has 2 aromatic carbocycles. The lowest BCUT2D eigenvalue weighted by Crippen LogP contribution is -2.44.